The van der Waals surface area contributed by atoms with Crippen LogP contribution in [0.3, 0.4) is 0 Å². The molecular weight excluding hydrogens is 407 g/mol. The Hall–Kier alpha value is -3.09. The molecule has 3 aromatic rings. The molecular formula is C25H29FN4O2. The van der Waals surface area contributed by atoms with Gasteiger partial charge in [0.2, 0.25) is 5.91 Å². The summed E-state index contributed by atoms with van der Waals surface area (Å²) in [6.07, 6.45) is 6.57. The molecule has 0 bridgehead atoms. The highest BCUT2D eigenvalue weighted by atomic mass is 19.1. The molecule has 0 saturated carbocycles. The first-order chi connectivity index (χ1) is 15.5. The Balaban J connectivity index is 1.71. The number of hydrogen-bond donors (Lipinski definition) is 0. The van der Waals surface area contributed by atoms with Crippen molar-refractivity contribution in [2.24, 2.45) is 0 Å². The van der Waals surface area contributed by atoms with Gasteiger partial charge < -0.3 is 9.42 Å². The van der Waals surface area contributed by atoms with Crippen LogP contribution < -0.4 is 0 Å². The molecule has 1 amide bonds. The Bertz CT molecular complexity index is 1090. The van der Waals surface area contributed by atoms with E-state index in [1.54, 1.807) is 12.1 Å². The van der Waals surface area contributed by atoms with E-state index in [4.69, 9.17) is 9.51 Å². The summed E-state index contributed by atoms with van der Waals surface area (Å²) >= 11 is 0. The molecule has 0 aliphatic carbocycles. The third-order valence-electron chi connectivity index (χ3n) is 6.15. The molecule has 0 N–H and O–H groups in total. The average molecular weight is 437 g/mol. The smallest absolute Gasteiger partial charge is 0.227 e. The summed E-state index contributed by atoms with van der Waals surface area (Å²) in [5, 5.41) is 4.11. The van der Waals surface area contributed by atoms with Crippen molar-refractivity contribution in [3.05, 3.63) is 64.6 Å². The van der Waals surface area contributed by atoms with Crippen molar-refractivity contribution in [1.29, 1.82) is 0 Å². The lowest BCUT2D eigenvalue weighted by Gasteiger charge is -2.36. The molecule has 1 unspecified atom stereocenters. The number of aryl methyl sites for hydroxylation is 2. The lowest BCUT2D eigenvalue weighted by atomic mass is 9.94. The second-order valence-electron chi connectivity index (χ2n) is 8.46. The number of nitrogens with zero attached hydrogens (tertiary/aromatic N) is 4. The lowest BCUT2D eigenvalue weighted by Crippen LogP contribution is -2.40. The van der Waals surface area contributed by atoms with Crippen molar-refractivity contribution in [2.75, 3.05) is 6.54 Å². The van der Waals surface area contributed by atoms with Gasteiger partial charge in [0.25, 0.3) is 0 Å². The molecule has 2 aromatic heterocycles. The highest BCUT2D eigenvalue weighted by molar-refractivity contribution is 5.80. The van der Waals surface area contributed by atoms with Gasteiger partial charge in [0.1, 0.15) is 11.6 Å². The maximum atomic E-state index is 13.3. The predicted octanol–water partition coefficient (Wildman–Crippen LogP) is 5.14. The molecule has 1 aliphatic heterocycles. The van der Waals surface area contributed by atoms with Gasteiger partial charge in [-0.2, -0.15) is 0 Å². The number of aromatic nitrogens is 3. The van der Waals surface area contributed by atoms with Gasteiger partial charge in [-0.25, -0.2) is 14.4 Å². The van der Waals surface area contributed by atoms with Crippen molar-refractivity contribution in [3.63, 3.8) is 0 Å². The third kappa shape index (κ3) is 4.56. The average Bonchev–Trinajstić information content (AvgIpc) is 3.13. The summed E-state index contributed by atoms with van der Waals surface area (Å²) in [4.78, 5) is 24.7. The number of benzene rings is 1. The molecule has 168 valence electrons. The number of carbonyl (C=O) groups is 1. The van der Waals surface area contributed by atoms with E-state index >= 15 is 0 Å². The Morgan fingerprint density at radius 3 is 2.69 bits per heavy atom. The number of piperidine rings is 1. The molecule has 1 aliphatic rings. The largest absolute Gasteiger partial charge is 0.356 e. The highest BCUT2D eigenvalue weighted by Gasteiger charge is 2.32. The molecule has 4 rings (SSSR count). The topological polar surface area (TPSA) is 72.1 Å². The maximum absolute atomic E-state index is 13.3. The van der Waals surface area contributed by atoms with Crippen LogP contribution >= 0.6 is 0 Å². The summed E-state index contributed by atoms with van der Waals surface area (Å²) < 4.78 is 18.9. The van der Waals surface area contributed by atoms with E-state index in [0.717, 1.165) is 66.0 Å². The fourth-order valence-electron chi connectivity index (χ4n) is 4.27. The Morgan fingerprint density at radius 1 is 1.22 bits per heavy atom. The van der Waals surface area contributed by atoms with Crippen LogP contribution in [-0.4, -0.2) is 32.5 Å². The van der Waals surface area contributed by atoms with Crippen molar-refractivity contribution in [2.45, 2.75) is 65.3 Å². The van der Waals surface area contributed by atoms with Gasteiger partial charge in [-0.15, -0.1) is 0 Å². The molecule has 1 atom stereocenters. The van der Waals surface area contributed by atoms with E-state index < -0.39 is 0 Å². The number of rotatable bonds is 6. The van der Waals surface area contributed by atoms with Crippen molar-refractivity contribution >= 4 is 5.91 Å². The Labute approximate surface area is 187 Å². The van der Waals surface area contributed by atoms with Crippen molar-refractivity contribution in [1.82, 2.24) is 20.0 Å². The Morgan fingerprint density at radius 2 is 2.00 bits per heavy atom. The summed E-state index contributed by atoms with van der Waals surface area (Å²) in [7, 11) is 0. The minimum absolute atomic E-state index is 0.0217. The van der Waals surface area contributed by atoms with E-state index in [1.165, 1.54) is 12.1 Å². The zero-order valence-electron chi connectivity index (χ0n) is 18.9. The second-order valence-corrected chi connectivity index (χ2v) is 8.46. The van der Waals surface area contributed by atoms with Crippen LogP contribution in [0.2, 0.25) is 0 Å². The molecule has 6 nitrogen and oxygen atoms in total. The van der Waals surface area contributed by atoms with Crippen molar-refractivity contribution < 1.29 is 13.7 Å². The molecule has 1 fully saturated rings. The van der Waals surface area contributed by atoms with Crippen LogP contribution in [0, 0.1) is 19.7 Å². The summed E-state index contributed by atoms with van der Waals surface area (Å²) in [5.41, 5.74) is 4.22. The van der Waals surface area contributed by atoms with E-state index in [-0.39, 0.29) is 24.2 Å². The number of hydrogen-bond acceptors (Lipinski definition) is 5. The van der Waals surface area contributed by atoms with Crippen LogP contribution in [0.4, 0.5) is 4.39 Å². The number of carbonyl (C=O) groups excluding carboxylic acids is 1. The first kappa shape index (κ1) is 22.1. The van der Waals surface area contributed by atoms with Crippen LogP contribution in [0.5, 0.6) is 0 Å². The van der Waals surface area contributed by atoms with Gasteiger partial charge in [-0.1, -0.05) is 24.2 Å². The monoisotopic (exact) mass is 436 g/mol. The molecule has 3 heterocycles. The van der Waals surface area contributed by atoms with Crippen LogP contribution in [-0.2, 0) is 17.6 Å². The van der Waals surface area contributed by atoms with E-state index in [0.29, 0.717) is 12.3 Å². The standard InChI is InChI=1S/C25H29FN4O2/c1-4-7-22-27-15-20(25-16(2)17(3)29-32-25)24(28-22)21-8-5-6-13-30(21)23(31)14-18-9-11-19(26)12-10-18/h9-12,15,21H,4-8,13-14H2,1-3H3. The molecule has 1 aromatic carbocycles. The summed E-state index contributed by atoms with van der Waals surface area (Å²) in [5.74, 6) is 1.16. The van der Waals surface area contributed by atoms with E-state index in [9.17, 15) is 9.18 Å². The zero-order chi connectivity index (χ0) is 22.7. The van der Waals surface area contributed by atoms with E-state index in [2.05, 4.69) is 17.1 Å². The zero-order valence-corrected chi connectivity index (χ0v) is 18.9. The minimum Gasteiger partial charge on any atom is -0.356 e. The van der Waals surface area contributed by atoms with Gasteiger partial charge in [-0.3, -0.25) is 4.79 Å². The number of halogens is 1. The SMILES string of the molecule is CCCc1ncc(-c2onc(C)c2C)c(C2CCCCN2C(=O)Cc2ccc(F)cc2)n1. The highest BCUT2D eigenvalue weighted by Crippen LogP contribution is 2.37. The van der Waals surface area contributed by atoms with Crippen LogP contribution in [0.25, 0.3) is 11.3 Å². The Kier molecular flexibility index (Phi) is 6.63. The van der Waals surface area contributed by atoms with E-state index in [1.807, 2.05) is 24.9 Å². The second kappa shape index (κ2) is 9.59. The minimum atomic E-state index is -0.302. The van der Waals surface area contributed by atoms with Crippen LogP contribution in [0.1, 0.15) is 67.0 Å². The first-order valence-corrected chi connectivity index (χ1v) is 11.3. The quantitative estimate of drug-likeness (QED) is 0.535. The van der Waals surface area contributed by atoms with Gasteiger partial charge in [0, 0.05) is 24.7 Å². The lowest BCUT2D eigenvalue weighted by molar-refractivity contribution is -0.134. The fraction of sp³-hybridized carbons (Fsp3) is 0.440. The first-order valence-electron chi connectivity index (χ1n) is 11.3. The number of amides is 1. The molecule has 32 heavy (non-hydrogen) atoms. The predicted molar refractivity (Wildman–Crippen MR) is 119 cm³/mol. The number of likely N-dealkylation sites (tertiary alicyclic amines) is 1. The third-order valence-corrected chi connectivity index (χ3v) is 6.15. The normalized spacial score (nSPS) is 16.4. The molecule has 0 radical (unpaired) electrons. The fourth-order valence-corrected chi connectivity index (χ4v) is 4.27. The van der Waals surface area contributed by atoms with Gasteiger partial charge >= 0.3 is 0 Å². The maximum Gasteiger partial charge on any atom is 0.227 e. The molecule has 0 spiro atoms. The molecule has 1 saturated heterocycles. The summed E-state index contributed by atoms with van der Waals surface area (Å²) in [6.45, 7) is 6.66. The van der Waals surface area contributed by atoms with Gasteiger partial charge in [0.05, 0.1) is 29.4 Å². The van der Waals surface area contributed by atoms with Crippen LogP contribution in [0.15, 0.2) is 35.0 Å². The van der Waals surface area contributed by atoms with Crippen molar-refractivity contribution in [3.8, 4) is 11.3 Å². The molecule has 7 heteroatoms. The van der Waals surface area contributed by atoms with Gasteiger partial charge in [0.15, 0.2) is 5.76 Å². The van der Waals surface area contributed by atoms with Gasteiger partial charge in [-0.05, 0) is 57.2 Å². The summed E-state index contributed by atoms with van der Waals surface area (Å²) in [6, 6.07) is 5.97.